The van der Waals surface area contributed by atoms with Crippen LogP contribution in [-0.2, 0) is 11.3 Å². The fourth-order valence-corrected chi connectivity index (χ4v) is 3.75. The number of nitro benzene ring substituents is 1. The summed E-state index contributed by atoms with van der Waals surface area (Å²) in [4.78, 5) is 28.2. The number of nitrogen functional groups attached to an aromatic ring is 1. The second kappa shape index (κ2) is 6.48. The number of nitro groups is 1. The van der Waals surface area contributed by atoms with Gasteiger partial charge in [-0.1, -0.05) is 12.1 Å². The molecule has 128 valence electrons. The highest BCUT2D eigenvalue weighted by Crippen LogP contribution is 2.35. The lowest BCUT2D eigenvalue weighted by Gasteiger charge is -2.05. The SMILES string of the molecule is Cc1cc(C)c2c(N)c(C(=O)OCc3ccccc3[N+](=O)[O-])sc2n1. The number of carbonyl (C=O) groups excluding carboxylic acids is 1. The van der Waals surface area contributed by atoms with E-state index in [1.54, 1.807) is 18.2 Å². The Labute approximate surface area is 147 Å². The van der Waals surface area contributed by atoms with Crippen LogP contribution < -0.4 is 5.73 Å². The molecule has 2 N–H and O–H groups in total. The van der Waals surface area contributed by atoms with Crippen molar-refractivity contribution in [3.63, 3.8) is 0 Å². The van der Waals surface area contributed by atoms with Crippen molar-refractivity contribution in [2.45, 2.75) is 20.5 Å². The summed E-state index contributed by atoms with van der Waals surface area (Å²) >= 11 is 1.16. The van der Waals surface area contributed by atoms with Gasteiger partial charge in [-0.05, 0) is 31.5 Å². The van der Waals surface area contributed by atoms with Crippen LogP contribution in [-0.4, -0.2) is 15.9 Å². The average molecular weight is 357 g/mol. The molecule has 0 fully saturated rings. The van der Waals surface area contributed by atoms with Gasteiger partial charge in [-0.15, -0.1) is 11.3 Å². The summed E-state index contributed by atoms with van der Waals surface area (Å²) in [5, 5.41) is 11.8. The number of hydrogen-bond acceptors (Lipinski definition) is 7. The summed E-state index contributed by atoms with van der Waals surface area (Å²) in [5.74, 6) is -0.615. The molecule has 8 heteroatoms. The number of fused-ring (bicyclic) bond motifs is 1. The zero-order valence-electron chi connectivity index (χ0n) is 13.6. The van der Waals surface area contributed by atoms with Crippen molar-refractivity contribution in [3.05, 3.63) is 62.1 Å². The zero-order chi connectivity index (χ0) is 18.1. The highest BCUT2D eigenvalue weighted by molar-refractivity contribution is 7.21. The Morgan fingerprint density at radius 3 is 2.80 bits per heavy atom. The van der Waals surface area contributed by atoms with E-state index in [4.69, 9.17) is 10.5 Å². The molecule has 25 heavy (non-hydrogen) atoms. The van der Waals surface area contributed by atoms with Gasteiger partial charge in [-0.3, -0.25) is 10.1 Å². The van der Waals surface area contributed by atoms with Crippen molar-refractivity contribution in [2.75, 3.05) is 5.73 Å². The van der Waals surface area contributed by atoms with Crippen LogP contribution in [0.3, 0.4) is 0 Å². The highest BCUT2D eigenvalue weighted by atomic mass is 32.1. The lowest BCUT2D eigenvalue weighted by Crippen LogP contribution is -2.07. The van der Waals surface area contributed by atoms with E-state index in [1.165, 1.54) is 6.07 Å². The molecule has 0 saturated heterocycles. The third kappa shape index (κ3) is 3.16. The largest absolute Gasteiger partial charge is 0.456 e. The molecule has 1 aromatic carbocycles. The second-order valence-electron chi connectivity index (χ2n) is 5.57. The number of thiophene rings is 1. The molecule has 0 radical (unpaired) electrons. The fraction of sp³-hybridized carbons (Fsp3) is 0.176. The van der Waals surface area contributed by atoms with Gasteiger partial charge in [0, 0.05) is 17.1 Å². The number of benzene rings is 1. The normalized spacial score (nSPS) is 10.8. The van der Waals surface area contributed by atoms with E-state index in [0.717, 1.165) is 28.0 Å². The van der Waals surface area contributed by atoms with Crippen LogP contribution in [0, 0.1) is 24.0 Å². The summed E-state index contributed by atoms with van der Waals surface area (Å²) in [7, 11) is 0. The zero-order valence-corrected chi connectivity index (χ0v) is 14.4. The number of carbonyl (C=O) groups is 1. The van der Waals surface area contributed by atoms with Crippen molar-refractivity contribution in [2.24, 2.45) is 0 Å². The lowest BCUT2D eigenvalue weighted by atomic mass is 10.1. The Morgan fingerprint density at radius 2 is 2.08 bits per heavy atom. The Morgan fingerprint density at radius 1 is 1.36 bits per heavy atom. The average Bonchev–Trinajstić information content (AvgIpc) is 2.89. The maximum atomic E-state index is 12.4. The molecular weight excluding hydrogens is 342 g/mol. The molecule has 0 spiro atoms. The number of para-hydroxylation sites is 1. The number of nitrogens with two attached hydrogens (primary N) is 1. The lowest BCUT2D eigenvalue weighted by molar-refractivity contribution is -0.385. The predicted octanol–water partition coefficient (Wildman–Crippen LogP) is 3.76. The Bertz CT molecular complexity index is 997. The number of pyridine rings is 1. The van der Waals surface area contributed by atoms with Gasteiger partial charge >= 0.3 is 5.97 Å². The number of nitrogens with zero attached hydrogens (tertiary/aromatic N) is 2. The van der Waals surface area contributed by atoms with Crippen molar-refractivity contribution < 1.29 is 14.5 Å². The van der Waals surface area contributed by atoms with Crippen molar-refractivity contribution in [1.82, 2.24) is 4.98 Å². The van der Waals surface area contributed by atoms with E-state index in [-0.39, 0.29) is 17.2 Å². The number of ether oxygens (including phenoxy) is 1. The fourth-order valence-electron chi connectivity index (χ4n) is 2.64. The Kier molecular flexibility index (Phi) is 4.37. The standard InChI is InChI=1S/C17H15N3O4S/c1-9-7-10(2)19-16-13(9)14(18)15(25-16)17(21)24-8-11-5-3-4-6-12(11)20(22)23/h3-7H,8,18H2,1-2H3. The summed E-state index contributed by atoms with van der Waals surface area (Å²) in [5.41, 5.74) is 8.44. The summed E-state index contributed by atoms with van der Waals surface area (Å²) in [6, 6.07) is 8.03. The molecule has 0 aliphatic heterocycles. The molecule has 3 aromatic rings. The van der Waals surface area contributed by atoms with Gasteiger partial charge in [0.2, 0.25) is 0 Å². The molecule has 0 saturated carbocycles. The van der Waals surface area contributed by atoms with Gasteiger partial charge in [-0.2, -0.15) is 0 Å². The van der Waals surface area contributed by atoms with E-state index in [1.807, 2.05) is 19.9 Å². The van der Waals surface area contributed by atoms with E-state index in [2.05, 4.69) is 4.98 Å². The number of hydrogen-bond donors (Lipinski definition) is 1. The molecule has 3 rings (SSSR count). The van der Waals surface area contributed by atoms with Gasteiger partial charge < -0.3 is 10.5 Å². The third-order valence-electron chi connectivity index (χ3n) is 3.76. The van der Waals surface area contributed by atoms with Crippen LogP contribution in [0.4, 0.5) is 11.4 Å². The molecule has 0 atom stereocenters. The van der Waals surface area contributed by atoms with Gasteiger partial charge in [0.15, 0.2) is 0 Å². The predicted molar refractivity (Wildman–Crippen MR) is 95.7 cm³/mol. The quantitative estimate of drug-likeness (QED) is 0.433. The molecule has 2 aromatic heterocycles. The molecule has 0 aliphatic carbocycles. The molecule has 0 amide bonds. The molecule has 7 nitrogen and oxygen atoms in total. The number of rotatable bonds is 4. The second-order valence-corrected chi connectivity index (χ2v) is 6.57. The van der Waals surface area contributed by atoms with Crippen molar-refractivity contribution in [3.8, 4) is 0 Å². The van der Waals surface area contributed by atoms with E-state index in [9.17, 15) is 14.9 Å². The van der Waals surface area contributed by atoms with Crippen molar-refractivity contribution in [1.29, 1.82) is 0 Å². The topological polar surface area (TPSA) is 108 Å². The van der Waals surface area contributed by atoms with Crippen molar-refractivity contribution >= 4 is 38.9 Å². The minimum Gasteiger partial charge on any atom is -0.456 e. The summed E-state index contributed by atoms with van der Waals surface area (Å²) in [6.07, 6.45) is 0. The smallest absolute Gasteiger partial charge is 0.350 e. The molecular formula is C17H15N3O4S. The van der Waals surface area contributed by atoms with Gasteiger partial charge in [0.25, 0.3) is 5.69 Å². The first-order valence-electron chi connectivity index (χ1n) is 7.44. The third-order valence-corrected chi connectivity index (χ3v) is 4.84. The Hall–Kier alpha value is -3.00. The maximum Gasteiger partial charge on any atom is 0.350 e. The molecule has 0 unspecified atom stereocenters. The number of anilines is 1. The first-order chi connectivity index (χ1) is 11.9. The highest BCUT2D eigenvalue weighted by Gasteiger charge is 2.21. The van der Waals surface area contributed by atoms with Crippen LogP contribution >= 0.6 is 11.3 Å². The number of aryl methyl sites for hydroxylation is 2. The molecule has 0 aliphatic rings. The van der Waals surface area contributed by atoms with E-state index >= 15 is 0 Å². The Balaban J connectivity index is 1.88. The first-order valence-corrected chi connectivity index (χ1v) is 8.25. The molecule has 0 bridgehead atoms. The number of esters is 1. The van der Waals surface area contributed by atoms with Crippen LogP contribution in [0.25, 0.3) is 10.2 Å². The van der Waals surface area contributed by atoms with E-state index in [0.29, 0.717) is 16.1 Å². The van der Waals surface area contributed by atoms with Crippen LogP contribution in [0.2, 0.25) is 0 Å². The van der Waals surface area contributed by atoms with Gasteiger partial charge in [0.05, 0.1) is 16.2 Å². The minimum absolute atomic E-state index is 0.0900. The van der Waals surface area contributed by atoms with Crippen LogP contribution in [0.1, 0.15) is 26.5 Å². The maximum absolute atomic E-state index is 12.4. The summed E-state index contributed by atoms with van der Waals surface area (Å²) < 4.78 is 5.24. The van der Waals surface area contributed by atoms with E-state index < -0.39 is 10.9 Å². The molecule has 2 heterocycles. The van der Waals surface area contributed by atoms with Crippen LogP contribution in [0.5, 0.6) is 0 Å². The van der Waals surface area contributed by atoms with Crippen LogP contribution in [0.15, 0.2) is 30.3 Å². The monoisotopic (exact) mass is 357 g/mol. The van der Waals surface area contributed by atoms with Gasteiger partial charge in [0.1, 0.15) is 16.3 Å². The number of aromatic nitrogens is 1. The first kappa shape index (κ1) is 16.8. The van der Waals surface area contributed by atoms with Gasteiger partial charge in [-0.25, -0.2) is 9.78 Å². The summed E-state index contributed by atoms with van der Waals surface area (Å²) in [6.45, 7) is 3.58. The minimum atomic E-state index is -0.615.